The fraction of sp³-hybridized carbons (Fsp3) is 0.455. The van der Waals surface area contributed by atoms with Crippen molar-refractivity contribution in [3.8, 4) is 0 Å². The number of carbonyl (C=O) groups is 2. The highest BCUT2D eigenvalue weighted by Gasteiger charge is 2.29. The minimum atomic E-state index is -0.341. The molecule has 0 bridgehead atoms. The molecule has 5 heteroatoms. The summed E-state index contributed by atoms with van der Waals surface area (Å²) in [5, 5.41) is 0. The number of esters is 1. The summed E-state index contributed by atoms with van der Waals surface area (Å²) in [6.07, 6.45) is 3.47. The number of rotatable bonds is 4. The Balaban J connectivity index is 2.33. The van der Waals surface area contributed by atoms with Crippen LogP contribution in [0.3, 0.4) is 0 Å². The molecule has 16 heavy (non-hydrogen) atoms. The topological polar surface area (TPSA) is 48.3 Å². The fourth-order valence-electron chi connectivity index (χ4n) is 1.92. The summed E-state index contributed by atoms with van der Waals surface area (Å²) < 4.78 is 6.89. The van der Waals surface area contributed by atoms with Gasteiger partial charge in [-0.2, -0.15) is 11.8 Å². The number of cyclic esters (lactones) is 1. The minimum absolute atomic E-state index is 0.235. The van der Waals surface area contributed by atoms with Crippen molar-refractivity contribution in [2.24, 2.45) is 0 Å². The summed E-state index contributed by atoms with van der Waals surface area (Å²) >= 11 is 1.68. The molecule has 0 amide bonds. The fourth-order valence-corrected chi connectivity index (χ4v) is 2.38. The highest BCUT2D eigenvalue weighted by molar-refractivity contribution is 7.98. The lowest BCUT2D eigenvalue weighted by molar-refractivity contribution is -0.152. The quantitative estimate of drug-likeness (QED) is 0.592. The van der Waals surface area contributed by atoms with Crippen molar-refractivity contribution < 1.29 is 14.3 Å². The van der Waals surface area contributed by atoms with Crippen LogP contribution in [0.1, 0.15) is 28.6 Å². The third kappa shape index (κ3) is 1.87. The van der Waals surface area contributed by atoms with E-state index in [1.807, 2.05) is 12.3 Å². The molecule has 0 aromatic carbocycles. The van der Waals surface area contributed by atoms with Gasteiger partial charge in [-0.15, -0.1) is 0 Å². The van der Waals surface area contributed by atoms with Crippen molar-refractivity contribution in [3.63, 3.8) is 0 Å². The van der Waals surface area contributed by atoms with Gasteiger partial charge in [-0.1, -0.05) is 0 Å². The number of ether oxygens (including phenoxy) is 1. The van der Waals surface area contributed by atoms with Gasteiger partial charge in [0.1, 0.15) is 12.6 Å². The molecule has 0 spiro atoms. The zero-order valence-corrected chi connectivity index (χ0v) is 9.83. The number of nitrogens with zero attached hydrogens (tertiary/aromatic N) is 1. The Morgan fingerprint density at radius 1 is 1.62 bits per heavy atom. The number of hydrogen-bond donors (Lipinski definition) is 0. The van der Waals surface area contributed by atoms with Gasteiger partial charge in [-0.05, 0) is 30.6 Å². The molecule has 2 heterocycles. The molecule has 4 nitrogen and oxygen atoms in total. The second kappa shape index (κ2) is 4.74. The summed E-state index contributed by atoms with van der Waals surface area (Å²) in [5.74, 6) is 0.635. The van der Waals surface area contributed by atoms with Crippen LogP contribution in [-0.2, 0) is 16.1 Å². The first kappa shape index (κ1) is 11.3. The zero-order chi connectivity index (χ0) is 11.5. The molecule has 0 aliphatic carbocycles. The van der Waals surface area contributed by atoms with Crippen molar-refractivity contribution in [1.82, 2.24) is 4.57 Å². The molecule has 2 rings (SSSR count). The average molecular weight is 239 g/mol. The first-order chi connectivity index (χ1) is 7.77. The van der Waals surface area contributed by atoms with Crippen molar-refractivity contribution in [3.05, 3.63) is 23.5 Å². The second-order valence-corrected chi connectivity index (χ2v) is 4.63. The molecule has 0 saturated heterocycles. The number of carbonyl (C=O) groups excluding carboxylic acids is 2. The van der Waals surface area contributed by atoms with Crippen LogP contribution in [0, 0.1) is 0 Å². The van der Waals surface area contributed by atoms with E-state index in [1.165, 1.54) is 0 Å². The van der Waals surface area contributed by atoms with E-state index in [0.717, 1.165) is 17.7 Å². The van der Waals surface area contributed by atoms with Crippen molar-refractivity contribution >= 4 is 24.0 Å². The summed E-state index contributed by atoms with van der Waals surface area (Å²) in [4.78, 5) is 22.5. The van der Waals surface area contributed by atoms with Gasteiger partial charge in [0, 0.05) is 0 Å². The number of thioether (sulfide) groups is 1. The van der Waals surface area contributed by atoms with Gasteiger partial charge in [0.25, 0.3) is 0 Å². The maximum atomic E-state index is 11.7. The van der Waals surface area contributed by atoms with E-state index in [-0.39, 0.29) is 18.6 Å². The smallest absolute Gasteiger partial charge is 0.329 e. The molecular weight excluding hydrogens is 226 g/mol. The highest BCUT2D eigenvalue weighted by atomic mass is 32.2. The molecule has 1 aromatic heterocycles. The first-order valence-corrected chi connectivity index (χ1v) is 6.48. The summed E-state index contributed by atoms with van der Waals surface area (Å²) in [5.41, 5.74) is 1.45. The van der Waals surface area contributed by atoms with E-state index in [2.05, 4.69) is 0 Å². The lowest BCUT2D eigenvalue weighted by atomic mass is 10.2. The summed E-state index contributed by atoms with van der Waals surface area (Å²) in [6, 6.07) is 3.23. The minimum Gasteiger partial charge on any atom is -0.458 e. The van der Waals surface area contributed by atoms with Gasteiger partial charge in [0.15, 0.2) is 6.29 Å². The van der Waals surface area contributed by atoms with Crippen LogP contribution >= 0.6 is 11.8 Å². The second-order valence-electron chi connectivity index (χ2n) is 3.64. The van der Waals surface area contributed by atoms with Crippen molar-refractivity contribution in [2.75, 3.05) is 12.0 Å². The Kier molecular flexibility index (Phi) is 3.33. The Hall–Kier alpha value is -1.23. The maximum absolute atomic E-state index is 11.7. The maximum Gasteiger partial charge on any atom is 0.329 e. The standard InChI is InChI=1S/C11H13NO3S/c1-16-5-4-10-11(14)15-7-9-3-2-8(6-13)12(9)10/h2-3,6,10H,4-5,7H2,1H3/t10-/m0/s1. The third-order valence-electron chi connectivity index (χ3n) is 2.70. The molecule has 1 aromatic rings. The highest BCUT2D eigenvalue weighted by Crippen LogP contribution is 2.26. The summed E-state index contributed by atoms with van der Waals surface area (Å²) in [6.45, 7) is 0.266. The Morgan fingerprint density at radius 3 is 3.12 bits per heavy atom. The molecule has 0 radical (unpaired) electrons. The molecule has 0 fully saturated rings. The molecule has 1 aliphatic rings. The van der Waals surface area contributed by atoms with Crippen LogP contribution in [0.4, 0.5) is 0 Å². The molecule has 86 valence electrons. The Morgan fingerprint density at radius 2 is 2.44 bits per heavy atom. The Bertz CT molecular complexity index is 413. The van der Waals surface area contributed by atoms with Crippen LogP contribution in [0.2, 0.25) is 0 Å². The zero-order valence-electron chi connectivity index (χ0n) is 9.01. The van der Waals surface area contributed by atoms with E-state index < -0.39 is 0 Å². The lowest BCUT2D eigenvalue weighted by Gasteiger charge is -2.25. The van der Waals surface area contributed by atoms with E-state index in [9.17, 15) is 9.59 Å². The van der Waals surface area contributed by atoms with Crippen molar-refractivity contribution in [2.45, 2.75) is 19.1 Å². The third-order valence-corrected chi connectivity index (χ3v) is 3.34. The van der Waals surface area contributed by atoms with Gasteiger partial charge in [0.05, 0.1) is 11.4 Å². The number of aromatic nitrogens is 1. The van der Waals surface area contributed by atoms with E-state index in [1.54, 1.807) is 22.4 Å². The molecule has 1 atom stereocenters. The predicted molar refractivity (Wildman–Crippen MR) is 61.7 cm³/mol. The number of aldehydes is 1. The summed E-state index contributed by atoms with van der Waals surface area (Å²) in [7, 11) is 0. The van der Waals surface area contributed by atoms with Gasteiger partial charge in [-0.25, -0.2) is 4.79 Å². The average Bonchev–Trinajstić information content (AvgIpc) is 2.71. The number of hydrogen-bond acceptors (Lipinski definition) is 4. The number of fused-ring (bicyclic) bond motifs is 1. The molecule has 0 N–H and O–H groups in total. The van der Waals surface area contributed by atoms with Gasteiger partial charge < -0.3 is 9.30 Å². The molecule has 0 unspecified atom stereocenters. The molecular formula is C11H13NO3S. The van der Waals surface area contributed by atoms with E-state index in [4.69, 9.17) is 4.74 Å². The van der Waals surface area contributed by atoms with E-state index in [0.29, 0.717) is 12.1 Å². The predicted octanol–water partition coefficient (Wildman–Crippen LogP) is 1.65. The van der Waals surface area contributed by atoms with Gasteiger partial charge in [-0.3, -0.25) is 4.79 Å². The molecule has 1 aliphatic heterocycles. The molecule has 0 saturated carbocycles. The lowest BCUT2D eigenvalue weighted by Crippen LogP contribution is -2.30. The first-order valence-electron chi connectivity index (χ1n) is 5.08. The van der Waals surface area contributed by atoms with E-state index >= 15 is 0 Å². The van der Waals surface area contributed by atoms with Crippen molar-refractivity contribution in [1.29, 1.82) is 0 Å². The van der Waals surface area contributed by atoms with Gasteiger partial charge in [0.2, 0.25) is 0 Å². The van der Waals surface area contributed by atoms with Crippen LogP contribution in [0.25, 0.3) is 0 Å². The Labute approximate surface area is 98.0 Å². The van der Waals surface area contributed by atoms with Crippen LogP contribution in [-0.4, -0.2) is 28.8 Å². The van der Waals surface area contributed by atoms with Crippen LogP contribution in [0.15, 0.2) is 12.1 Å². The van der Waals surface area contributed by atoms with Gasteiger partial charge >= 0.3 is 5.97 Å². The van der Waals surface area contributed by atoms with Crippen LogP contribution < -0.4 is 0 Å². The SMILES string of the molecule is CSCC[C@H]1C(=O)OCc2ccc(C=O)n21. The monoisotopic (exact) mass is 239 g/mol. The largest absolute Gasteiger partial charge is 0.458 e. The normalized spacial score (nSPS) is 19.1. The van der Waals surface area contributed by atoms with Crippen LogP contribution in [0.5, 0.6) is 0 Å².